The van der Waals surface area contributed by atoms with Gasteiger partial charge in [-0.1, -0.05) is 15.9 Å². The second-order valence-corrected chi connectivity index (χ2v) is 7.56. The fourth-order valence-corrected chi connectivity index (χ4v) is 3.81. The number of sulfonamides is 1. The average Bonchev–Trinajstić information content (AvgIpc) is 2.47. The summed E-state index contributed by atoms with van der Waals surface area (Å²) in [6.45, 7) is 1.66. The Morgan fingerprint density at radius 1 is 1.12 bits per heavy atom. The van der Waals surface area contributed by atoms with Gasteiger partial charge in [0.1, 0.15) is 5.75 Å². The molecule has 0 saturated carbocycles. The normalized spacial score (nSPS) is 12.1. The first-order valence-electron chi connectivity index (χ1n) is 6.58. The number of benzene rings is 2. The van der Waals surface area contributed by atoms with Gasteiger partial charge in [0, 0.05) is 4.47 Å². The number of ether oxygens (including phenoxy) is 1. The second kappa shape index (κ2) is 6.64. The van der Waals surface area contributed by atoms with Gasteiger partial charge in [0.25, 0.3) is 10.0 Å². The molecule has 130 valence electrons. The summed E-state index contributed by atoms with van der Waals surface area (Å²) >= 11 is 2.91. The molecule has 0 saturated heterocycles. The van der Waals surface area contributed by atoms with Crippen molar-refractivity contribution in [1.82, 2.24) is 0 Å². The number of methoxy groups -OCH3 is 1. The van der Waals surface area contributed by atoms with Crippen LogP contribution in [0.2, 0.25) is 0 Å². The Labute approximate surface area is 145 Å². The third-order valence-electron chi connectivity index (χ3n) is 3.19. The van der Waals surface area contributed by atoms with Crippen LogP contribution in [0.1, 0.15) is 11.1 Å². The summed E-state index contributed by atoms with van der Waals surface area (Å²) in [4.78, 5) is -0.487. The smallest absolute Gasteiger partial charge is 0.416 e. The minimum atomic E-state index is -4.65. The van der Waals surface area contributed by atoms with E-state index >= 15 is 0 Å². The fraction of sp³-hybridized carbons (Fsp3) is 0.200. The molecule has 0 unspecified atom stereocenters. The minimum Gasteiger partial charge on any atom is -0.497 e. The maximum Gasteiger partial charge on any atom is 0.416 e. The van der Waals surface area contributed by atoms with Crippen LogP contribution in [0.15, 0.2) is 45.8 Å². The number of nitrogens with one attached hydrogen (secondary N) is 1. The monoisotopic (exact) mass is 423 g/mol. The molecule has 0 radical (unpaired) electrons. The minimum absolute atomic E-state index is 0.0177. The van der Waals surface area contributed by atoms with Gasteiger partial charge in [-0.2, -0.15) is 13.2 Å². The molecule has 0 fully saturated rings. The number of hydrogen-bond donors (Lipinski definition) is 1. The molecule has 9 heteroatoms. The summed E-state index contributed by atoms with van der Waals surface area (Å²) in [5.74, 6) is 0.539. The molecular weight excluding hydrogens is 411 g/mol. The molecular formula is C15H13BrF3NO3S. The third kappa shape index (κ3) is 4.21. The summed E-state index contributed by atoms with van der Waals surface area (Å²) in [7, 11) is -2.71. The fourth-order valence-electron chi connectivity index (χ4n) is 1.96. The topological polar surface area (TPSA) is 55.4 Å². The molecule has 0 aromatic heterocycles. The van der Waals surface area contributed by atoms with Crippen molar-refractivity contribution in [2.24, 2.45) is 0 Å². The van der Waals surface area contributed by atoms with E-state index in [1.807, 2.05) is 0 Å². The Balaban J connectivity index is 2.43. The second-order valence-electron chi connectivity index (χ2n) is 4.96. The Kier molecular flexibility index (Phi) is 5.14. The highest BCUT2D eigenvalue weighted by Crippen LogP contribution is 2.33. The number of anilines is 1. The molecule has 4 nitrogen and oxygen atoms in total. The van der Waals surface area contributed by atoms with Crippen LogP contribution in [0.3, 0.4) is 0 Å². The van der Waals surface area contributed by atoms with Crippen LogP contribution in [0, 0.1) is 6.92 Å². The maximum atomic E-state index is 12.9. The number of rotatable bonds is 4. The van der Waals surface area contributed by atoms with Crippen LogP contribution < -0.4 is 9.46 Å². The third-order valence-corrected chi connectivity index (χ3v) is 4.99. The summed E-state index contributed by atoms with van der Waals surface area (Å²) in [6, 6.07) is 7.15. The van der Waals surface area contributed by atoms with Crippen molar-refractivity contribution in [2.75, 3.05) is 11.8 Å². The zero-order chi connectivity index (χ0) is 18.1. The lowest BCUT2D eigenvalue weighted by Gasteiger charge is -2.14. The van der Waals surface area contributed by atoms with Crippen molar-refractivity contribution in [3.63, 3.8) is 0 Å². The van der Waals surface area contributed by atoms with Crippen molar-refractivity contribution in [3.8, 4) is 5.75 Å². The van der Waals surface area contributed by atoms with Gasteiger partial charge >= 0.3 is 6.18 Å². The van der Waals surface area contributed by atoms with E-state index in [1.165, 1.54) is 13.2 Å². The molecule has 0 aliphatic carbocycles. The lowest BCUT2D eigenvalue weighted by Crippen LogP contribution is -2.15. The Morgan fingerprint density at radius 3 is 2.33 bits per heavy atom. The molecule has 0 spiro atoms. The first-order valence-corrected chi connectivity index (χ1v) is 8.86. The van der Waals surface area contributed by atoms with Gasteiger partial charge in [-0.3, -0.25) is 4.72 Å². The molecule has 2 rings (SSSR count). The van der Waals surface area contributed by atoms with Crippen molar-refractivity contribution < 1.29 is 26.3 Å². The summed E-state index contributed by atoms with van der Waals surface area (Å²) in [5, 5.41) is 0. The summed E-state index contributed by atoms with van der Waals surface area (Å²) in [5.41, 5.74) is -0.225. The van der Waals surface area contributed by atoms with E-state index in [2.05, 4.69) is 20.7 Å². The largest absolute Gasteiger partial charge is 0.497 e. The highest BCUT2D eigenvalue weighted by Gasteiger charge is 2.32. The van der Waals surface area contributed by atoms with E-state index in [0.717, 1.165) is 12.1 Å². The zero-order valence-corrected chi connectivity index (χ0v) is 15.0. The highest BCUT2D eigenvalue weighted by atomic mass is 79.9. The Hall–Kier alpha value is -1.74. The standard InChI is InChI=1S/C15H13BrF3NO3S/c1-9-5-12(23-2)3-4-14(9)20-24(21,22)13-7-10(15(17,18)19)6-11(16)8-13/h3-8,20H,1-2H3. The van der Waals surface area contributed by atoms with Crippen LogP contribution in [-0.2, 0) is 16.2 Å². The number of alkyl halides is 3. The SMILES string of the molecule is COc1ccc(NS(=O)(=O)c2cc(Br)cc(C(F)(F)F)c2)c(C)c1. The number of hydrogen-bond acceptors (Lipinski definition) is 3. The van der Waals surface area contributed by atoms with Crippen LogP contribution >= 0.6 is 15.9 Å². The molecule has 2 aromatic rings. The van der Waals surface area contributed by atoms with E-state index in [-0.39, 0.29) is 10.2 Å². The molecule has 0 aliphatic heterocycles. The van der Waals surface area contributed by atoms with E-state index in [9.17, 15) is 21.6 Å². The van der Waals surface area contributed by atoms with Gasteiger partial charge in [-0.05, 0) is 48.9 Å². The molecule has 1 N–H and O–H groups in total. The van der Waals surface area contributed by atoms with Gasteiger partial charge in [0.2, 0.25) is 0 Å². The van der Waals surface area contributed by atoms with E-state index in [0.29, 0.717) is 17.4 Å². The molecule has 0 bridgehead atoms. The molecule has 0 amide bonds. The van der Waals surface area contributed by atoms with Gasteiger partial charge in [0.15, 0.2) is 0 Å². The van der Waals surface area contributed by atoms with Crippen LogP contribution in [-0.4, -0.2) is 15.5 Å². The van der Waals surface area contributed by atoms with E-state index < -0.39 is 26.7 Å². The lowest BCUT2D eigenvalue weighted by atomic mass is 10.2. The van der Waals surface area contributed by atoms with Crippen molar-refractivity contribution >= 4 is 31.6 Å². The van der Waals surface area contributed by atoms with Crippen molar-refractivity contribution in [3.05, 3.63) is 52.0 Å². The first-order chi connectivity index (χ1) is 11.0. The Morgan fingerprint density at radius 2 is 1.79 bits per heavy atom. The number of halogens is 4. The predicted molar refractivity (Wildman–Crippen MR) is 87.7 cm³/mol. The van der Waals surface area contributed by atoms with E-state index in [1.54, 1.807) is 19.1 Å². The summed E-state index contributed by atoms with van der Waals surface area (Å²) < 4.78 is 70.7. The zero-order valence-electron chi connectivity index (χ0n) is 12.6. The van der Waals surface area contributed by atoms with Gasteiger partial charge in [-0.25, -0.2) is 8.42 Å². The van der Waals surface area contributed by atoms with Gasteiger partial charge < -0.3 is 4.74 Å². The van der Waals surface area contributed by atoms with Gasteiger partial charge in [0.05, 0.1) is 23.3 Å². The molecule has 0 heterocycles. The molecule has 0 atom stereocenters. The van der Waals surface area contributed by atoms with Crippen molar-refractivity contribution in [1.29, 1.82) is 0 Å². The summed E-state index contributed by atoms with van der Waals surface area (Å²) in [6.07, 6.45) is -4.65. The van der Waals surface area contributed by atoms with Crippen LogP contribution in [0.4, 0.5) is 18.9 Å². The Bertz CT molecular complexity index is 867. The number of aryl methyl sites for hydroxylation is 1. The van der Waals surface area contributed by atoms with Crippen LogP contribution in [0.5, 0.6) is 5.75 Å². The maximum absolute atomic E-state index is 12.9. The van der Waals surface area contributed by atoms with E-state index in [4.69, 9.17) is 4.74 Å². The highest BCUT2D eigenvalue weighted by molar-refractivity contribution is 9.10. The van der Waals surface area contributed by atoms with Crippen molar-refractivity contribution in [2.45, 2.75) is 18.0 Å². The molecule has 0 aliphatic rings. The van der Waals surface area contributed by atoms with Gasteiger partial charge in [-0.15, -0.1) is 0 Å². The average molecular weight is 424 g/mol. The first kappa shape index (κ1) is 18.6. The predicted octanol–water partition coefficient (Wildman–Crippen LogP) is 4.59. The molecule has 24 heavy (non-hydrogen) atoms. The lowest BCUT2D eigenvalue weighted by molar-refractivity contribution is -0.137. The molecule has 2 aromatic carbocycles. The van der Waals surface area contributed by atoms with Crippen LogP contribution in [0.25, 0.3) is 0 Å². The quantitative estimate of drug-likeness (QED) is 0.782.